The number of piperidine rings is 1. The Morgan fingerprint density at radius 1 is 1.10 bits per heavy atom. The van der Waals surface area contributed by atoms with Crippen LogP contribution in [0.5, 0.6) is 11.5 Å². The maximum atomic E-state index is 15.2. The van der Waals surface area contributed by atoms with E-state index in [-0.39, 0.29) is 35.1 Å². The number of anilines is 1. The molecule has 41 heavy (non-hydrogen) atoms. The summed E-state index contributed by atoms with van der Waals surface area (Å²) in [6.07, 6.45) is 1.92. The van der Waals surface area contributed by atoms with Crippen molar-refractivity contribution in [3.63, 3.8) is 0 Å². The predicted octanol–water partition coefficient (Wildman–Crippen LogP) is 4.37. The van der Waals surface area contributed by atoms with Crippen molar-refractivity contribution in [2.75, 3.05) is 31.6 Å². The van der Waals surface area contributed by atoms with E-state index >= 15 is 8.78 Å². The lowest BCUT2D eigenvalue weighted by molar-refractivity contribution is -0.118. The third kappa shape index (κ3) is 6.12. The van der Waals surface area contributed by atoms with Crippen molar-refractivity contribution in [2.45, 2.75) is 37.3 Å². The quantitative estimate of drug-likeness (QED) is 0.390. The van der Waals surface area contributed by atoms with E-state index < -0.39 is 42.0 Å². The molecule has 3 heterocycles. The van der Waals surface area contributed by atoms with Crippen LogP contribution in [0, 0.1) is 11.6 Å². The van der Waals surface area contributed by atoms with Crippen LogP contribution in [-0.2, 0) is 4.79 Å². The molecular formula is C29H28F4N4O4. The number of carbonyl (C=O) groups excluding carboxylic acids is 2. The highest BCUT2D eigenvalue weighted by atomic mass is 19.3. The summed E-state index contributed by atoms with van der Waals surface area (Å²) in [6, 6.07) is 10.8. The van der Waals surface area contributed by atoms with Crippen LogP contribution < -0.4 is 25.0 Å². The minimum Gasteiger partial charge on any atom is -0.497 e. The highest BCUT2D eigenvalue weighted by Gasteiger charge is 2.45. The number of aromatic nitrogens is 1. The summed E-state index contributed by atoms with van der Waals surface area (Å²) in [5, 5.41) is 5.92. The molecule has 216 valence electrons. The van der Waals surface area contributed by atoms with E-state index in [2.05, 4.69) is 15.4 Å². The lowest BCUT2D eigenvalue weighted by atomic mass is 9.92. The summed E-state index contributed by atoms with van der Waals surface area (Å²) in [4.78, 5) is 32.9. The molecule has 3 aromatic rings. The molecule has 0 spiro atoms. The molecule has 0 radical (unpaired) electrons. The van der Waals surface area contributed by atoms with E-state index in [0.717, 1.165) is 43.8 Å². The van der Waals surface area contributed by atoms with Gasteiger partial charge in [-0.3, -0.25) is 14.5 Å². The van der Waals surface area contributed by atoms with Crippen LogP contribution in [0.15, 0.2) is 54.6 Å². The van der Waals surface area contributed by atoms with Crippen LogP contribution in [0.2, 0.25) is 0 Å². The molecule has 2 aliphatic rings. The Bertz CT molecular complexity index is 1390. The normalized spacial score (nSPS) is 20.8. The molecule has 3 atom stereocenters. The fourth-order valence-electron chi connectivity index (χ4n) is 5.33. The van der Waals surface area contributed by atoms with Crippen LogP contribution in [-0.4, -0.2) is 56.2 Å². The number of alkyl halides is 2. The fraction of sp³-hybridized carbons (Fsp3) is 0.345. The van der Waals surface area contributed by atoms with Crippen LogP contribution in [0.25, 0.3) is 0 Å². The molecule has 0 saturated carbocycles. The van der Waals surface area contributed by atoms with Crippen molar-refractivity contribution >= 4 is 17.6 Å². The average molecular weight is 573 g/mol. The average Bonchev–Trinajstić information content (AvgIpc) is 3.28. The number of benzene rings is 2. The van der Waals surface area contributed by atoms with Crippen molar-refractivity contribution in [3.05, 3.63) is 83.1 Å². The molecule has 0 bridgehead atoms. The molecule has 1 unspecified atom stereocenters. The van der Waals surface area contributed by atoms with Crippen LogP contribution in [0.4, 0.5) is 23.4 Å². The lowest BCUT2D eigenvalue weighted by Gasteiger charge is -2.24. The van der Waals surface area contributed by atoms with Crippen molar-refractivity contribution in [3.8, 4) is 11.5 Å². The minimum atomic E-state index is -3.03. The lowest BCUT2D eigenvalue weighted by Crippen LogP contribution is -2.44. The zero-order valence-corrected chi connectivity index (χ0v) is 22.1. The van der Waals surface area contributed by atoms with Gasteiger partial charge in [0, 0.05) is 53.9 Å². The van der Waals surface area contributed by atoms with Gasteiger partial charge >= 0.3 is 6.61 Å². The summed E-state index contributed by atoms with van der Waals surface area (Å²) in [5.41, 5.74) is 0.455. The molecule has 2 amide bonds. The van der Waals surface area contributed by atoms with Crippen molar-refractivity contribution in [1.82, 2.24) is 15.6 Å². The number of halogens is 4. The van der Waals surface area contributed by atoms with E-state index in [9.17, 15) is 18.4 Å². The predicted molar refractivity (Wildman–Crippen MR) is 141 cm³/mol. The van der Waals surface area contributed by atoms with Gasteiger partial charge in [-0.2, -0.15) is 8.78 Å². The number of nitrogens with zero attached hydrogens (tertiary/aromatic N) is 2. The third-order valence-electron chi connectivity index (χ3n) is 7.35. The van der Waals surface area contributed by atoms with Gasteiger partial charge in [0.2, 0.25) is 0 Å². The Labute approximate surface area is 233 Å². The highest BCUT2D eigenvalue weighted by molar-refractivity contribution is 6.04. The minimum absolute atomic E-state index is 0.0351. The SMILES string of the molecule is COc1cc(F)c([C@@H]2CN(c3cccc(C4CCCNC4)n3)C(=O)[C@H]2NC(=O)c2ccc(OC(F)F)cc2)c(F)c1. The largest absolute Gasteiger partial charge is 0.497 e. The third-order valence-corrected chi connectivity index (χ3v) is 7.35. The monoisotopic (exact) mass is 572 g/mol. The van der Waals surface area contributed by atoms with Gasteiger partial charge in [0.25, 0.3) is 11.8 Å². The Hall–Kier alpha value is -4.19. The number of amides is 2. The molecule has 2 saturated heterocycles. The Kier molecular flexibility index (Phi) is 8.39. The van der Waals surface area contributed by atoms with E-state index in [1.807, 2.05) is 6.07 Å². The molecule has 2 aliphatic heterocycles. The zero-order valence-electron chi connectivity index (χ0n) is 22.1. The number of ether oxygens (including phenoxy) is 2. The van der Waals surface area contributed by atoms with Gasteiger partial charge in [-0.05, 0) is 55.8 Å². The summed E-state index contributed by atoms with van der Waals surface area (Å²) in [5.74, 6) is -4.02. The molecular weight excluding hydrogens is 544 g/mol. The van der Waals surface area contributed by atoms with Gasteiger partial charge in [-0.15, -0.1) is 0 Å². The van der Waals surface area contributed by atoms with Gasteiger partial charge in [0.05, 0.1) is 7.11 Å². The van der Waals surface area contributed by atoms with E-state index in [0.29, 0.717) is 5.82 Å². The number of rotatable bonds is 8. The summed E-state index contributed by atoms with van der Waals surface area (Å²) in [7, 11) is 1.27. The number of carbonyl (C=O) groups is 2. The van der Waals surface area contributed by atoms with Gasteiger partial charge in [0.1, 0.15) is 35.0 Å². The maximum absolute atomic E-state index is 15.2. The number of methoxy groups -OCH3 is 1. The molecule has 1 aromatic heterocycles. The van der Waals surface area contributed by atoms with Gasteiger partial charge in [-0.1, -0.05) is 6.07 Å². The first-order chi connectivity index (χ1) is 19.7. The second kappa shape index (κ2) is 12.1. The van der Waals surface area contributed by atoms with Crippen LogP contribution in [0.1, 0.15) is 46.3 Å². The highest BCUT2D eigenvalue weighted by Crippen LogP contribution is 2.36. The molecule has 2 N–H and O–H groups in total. The van der Waals surface area contributed by atoms with E-state index in [4.69, 9.17) is 9.72 Å². The Morgan fingerprint density at radius 2 is 1.83 bits per heavy atom. The number of nitrogens with one attached hydrogen (secondary N) is 2. The second-order valence-electron chi connectivity index (χ2n) is 9.88. The topological polar surface area (TPSA) is 92.8 Å². The van der Waals surface area contributed by atoms with E-state index in [1.165, 1.54) is 36.3 Å². The first kappa shape index (κ1) is 28.3. The Morgan fingerprint density at radius 3 is 2.46 bits per heavy atom. The maximum Gasteiger partial charge on any atom is 0.387 e. The number of pyridine rings is 1. The first-order valence-electron chi connectivity index (χ1n) is 13.1. The molecule has 2 fully saturated rings. The van der Waals surface area contributed by atoms with Crippen molar-refractivity contribution in [1.29, 1.82) is 0 Å². The molecule has 8 nitrogen and oxygen atoms in total. The van der Waals surface area contributed by atoms with Gasteiger partial charge < -0.3 is 20.1 Å². The fourth-order valence-corrected chi connectivity index (χ4v) is 5.33. The standard InChI is InChI=1S/C29H28F4N4O4/c1-40-19-12-21(30)25(22(31)13-19)20-15-37(24-6-2-5-23(35-24)17-4-3-11-34-14-17)28(39)26(20)36-27(38)16-7-9-18(10-8-16)41-29(32)33/h2,5-10,12-13,17,20,26,29,34H,3-4,11,14-15H2,1H3,(H,36,38)/t17?,20-,26-/m0/s1. The number of hydrogen-bond acceptors (Lipinski definition) is 6. The van der Waals surface area contributed by atoms with Crippen molar-refractivity contribution < 1.29 is 36.6 Å². The second-order valence-corrected chi connectivity index (χ2v) is 9.88. The van der Waals surface area contributed by atoms with Crippen LogP contribution in [0.3, 0.4) is 0 Å². The first-order valence-corrected chi connectivity index (χ1v) is 13.1. The van der Waals surface area contributed by atoms with Crippen LogP contribution >= 0.6 is 0 Å². The summed E-state index contributed by atoms with van der Waals surface area (Å²) >= 11 is 0. The zero-order chi connectivity index (χ0) is 29.1. The molecule has 0 aliphatic carbocycles. The van der Waals surface area contributed by atoms with E-state index in [1.54, 1.807) is 12.1 Å². The smallest absolute Gasteiger partial charge is 0.387 e. The molecule has 12 heteroatoms. The molecule has 5 rings (SSSR count). The number of hydrogen-bond donors (Lipinski definition) is 2. The van der Waals surface area contributed by atoms with Crippen molar-refractivity contribution in [2.24, 2.45) is 0 Å². The molecule has 2 aromatic carbocycles. The van der Waals surface area contributed by atoms with Gasteiger partial charge in [0.15, 0.2) is 0 Å². The summed E-state index contributed by atoms with van der Waals surface area (Å²) in [6.45, 7) is -1.52. The van der Waals surface area contributed by atoms with Gasteiger partial charge in [-0.25, -0.2) is 13.8 Å². The Balaban J connectivity index is 1.46. The summed E-state index contributed by atoms with van der Waals surface area (Å²) < 4.78 is 64.7.